The van der Waals surface area contributed by atoms with Crippen molar-refractivity contribution in [3.63, 3.8) is 0 Å². The third-order valence-corrected chi connectivity index (χ3v) is 5.74. The second kappa shape index (κ2) is 8.19. The molecule has 0 saturated carbocycles. The van der Waals surface area contributed by atoms with E-state index in [1.807, 2.05) is 0 Å². The molecule has 2 aromatic carbocycles. The highest BCUT2D eigenvalue weighted by atomic mass is 32.2. The zero-order valence-electron chi connectivity index (χ0n) is 14.9. The molecule has 0 fully saturated rings. The van der Waals surface area contributed by atoms with Crippen molar-refractivity contribution in [1.82, 2.24) is 4.72 Å². The third kappa shape index (κ3) is 5.25. The molecule has 162 valence electrons. The number of hydrogen-bond acceptors (Lipinski definition) is 5. The number of hydrogen-bond donors (Lipinski definition) is 1. The molecule has 0 aromatic heterocycles. The number of fused-ring (bicyclic) bond motifs is 1. The van der Waals surface area contributed by atoms with Gasteiger partial charge in [0.2, 0.25) is 10.0 Å². The zero-order chi connectivity index (χ0) is 22.1. The van der Waals surface area contributed by atoms with Gasteiger partial charge in [0.25, 0.3) is 0 Å². The Labute approximate surface area is 167 Å². The fourth-order valence-electron chi connectivity index (χ4n) is 3.02. The van der Waals surface area contributed by atoms with Crippen LogP contribution in [0.25, 0.3) is 0 Å². The summed E-state index contributed by atoms with van der Waals surface area (Å²) in [5.74, 6) is -1.17. The molecule has 2 aromatic rings. The first kappa shape index (κ1) is 22.0. The van der Waals surface area contributed by atoms with Crippen molar-refractivity contribution in [3.05, 3.63) is 53.6 Å². The van der Waals surface area contributed by atoms with Gasteiger partial charge >= 0.3 is 13.0 Å². The quantitative estimate of drug-likeness (QED) is 0.667. The van der Waals surface area contributed by atoms with Crippen LogP contribution in [0.5, 0.6) is 11.5 Å². The molecule has 1 aliphatic carbocycles. The van der Waals surface area contributed by atoms with Gasteiger partial charge in [0.05, 0.1) is 4.90 Å². The van der Waals surface area contributed by atoms with E-state index in [2.05, 4.69) is 14.2 Å². The second-order valence-electron chi connectivity index (χ2n) is 6.28. The molecule has 0 heterocycles. The Bertz CT molecular complexity index is 1040. The van der Waals surface area contributed by atoms with Crippen LogP contribution in [0, 0.1) is 0 Å². The summed E-state index contributed by atoms with van der Waals surface area (Å²) in [6.45, 7) is -3.08. The summed E-state index contributed by atoms with van der Waals surface area (Å²) in [6, 6.07) is 6.38. The van der Waals surface area contributed by atoms with Crippen LogP contribution in [-0.4, -0.2) is 27.2 Å². The predicted molar refractivity (Wildman–Crippen MR) is 92.8 cm³/mol. The molecule has 1 aliphatic rings. The minimum Gasteiger partial charge on any atom is -0.435 e. The number of halogens is 5. The van der Waals surface area contributed by atoms with Crippen molar-refractivity contribution in [1.29, 1.82) is 0 Å². The van der Waals surface area contributed by atoms with Gasteiger partial charge in [-0.2, -0.15) is 8.78 Å². The van der Waals surface area contributed by atoms with E-state index in [1.54, 1.807) is 0 Å². The average molecular weight is 451 g/mol. The molecule has 6 nitrogen and oxygen atoms in total. The van der Waals surface area contributed by atoms with Gasteiger partial charge in [-0.15, -0.1) is 13.2 Å². The molecule has 1 atom stereocenters. The molecule has 0 radical (unpaired) electrons. The van der Waals surface area contributed by atoms with Gasteiger partial charge < -0.3 is 9.47 Å². The highest BCUT2D eigenvalue weighted by Gasteiger charge is 2.32. The number of alkyl halides is 5. The number of ketones is 1. The second-order valence-corrected chi connectivity index (χ2v) is 8.00. The Morgan fingerprint density at radius 3 is 2.27 bits per heavy atom. The Kier molecular flexibility index (Phi) is 5.99. The Morgan fingerprint density at radius 1 is 1.03 bits per heavy atom. The fraction of sp³-hybridized carbons (Fsp3) is 0.278. The summed E-state index contributed by atoms with van der Waals surface area (Å²) in [7, 11) is -4.16. The lowest BCUT2D eigenvalue weighted by Gasteiger charge is -2.26. The highest BCUT2D eigenvalue weighted by Crippen LogP contribution is 2.34. The van der Waals surface area contributed by atoms with Crippen LogP contribution < -0.4 is 14.2 Å². The average Bonchev–Trinajstić information content (AvgIpc) is 2.63. The van der Waals surface area contributed by atoms with Crippen LogP contribution in [0.1, 0.15) is 34.8 Å². The van der Waals surface area contributed by atoms with E-state index in [1.165, 1.54) is 12.1 Å². The molecule has 0 spiro atoms. The van der Waals surface area contributed by atoms with Crippen molar-refractivity contribution in [2.75, 3.05) is 0 Å². The molecule has 0 saturated heterocycles. The summed E-state index contributed by atoms with van der Waals surface area (Å²) in [5.41, 5.74) is 0.342. The first-order chi connectivity index (χ1) is 13.9. The van der Waals surface area contributed by atoms with Crippen LogP contribution in [0.3, 0.4) is 0 Å². The third-order valence-electron chi connectivity index (χ3n) is 4.25. The lowest BCUT2D eigenvalue weighted by Crippen LogP contribution is -2.32. The van der Waals surface area contributed by atoms with Crippen molar-refractivity contribution in [3.8, 4) is 11.5 Å². The highest BCUT2D eigenvalue weighted by molar-refractivity contribution is 7.89. The summed E-state index contributed by atoms with van der Waals surface area (Å²) in [6.07, 6.45) is -4.82. The molecule has 30 heavy (non-hydrogen) atoms. The number of carbonyl (C=O) groups is 1. The van der Waals surface area contributed by atoms with Crippen LogP contribution in [0.4, 0.5) is 22.0 Å². The van der Waals surface area contributed by atoms with E-state index in [4.69, 9.17) is 0 Å². The van der Waals surface area contributed by atoms with Crippen molar-refractivity contribution in [2.24, 2.45) is 0 Å². The van der Waals surface area contributed by atoms with Crippen molar-refractivity contribution < 1.29 is 44.6 Å². The zero-order valence-corrected chi connectivity index (χ0v) is 15.8. The topological polar surface area (TPSA) is 81.7 Å². The predicted octanol–water partition coefficient (Wildman–Crippen LogP) is 4.18. The summed E-state index contributed by atoms with van der Waals surface area (Å²) in [4.78, 5) is 11.8. The molecule has 0 unspecified atom stereocenters. The fourth-order valence-corrected chi connectivity index (χ4v) is 4.27. The molecule has 0 bridgehead atoms. The number of Topliss-reactive ketones (excluding diaryl/α,β-unsaturated/α-hetero) is 1. The largest absolute Gasteiger partial charge is 0.573 e. The van der Waals surface area contributed by atoms with E-state index in [0.29, 0.717) is 0 Å². The minimum atomic E-state index is -4.91. The standard InChI is InChI=1S/C18H14F5NO5S/c19-17(20)28-11-3-6-13-14(9-11)16(25)8-7-15(13)24-30(26,27)12-4-1-10(2-5-12)29-18(21,22)23/h1-6,9,15,17,24H,7-8H2/t15-/m1/s1. The van der Waals surface area contributed by atoms with Crippen LogP contribution in [0.15, 0.2) is 47.4 Å². The SMILES string of the molecule is O=C1CC[C@@H](NS(=O)(=O)c2ccc(OC(F)(F)F)cc2)c2ccc(OC(F)F)cc21. The normalized spacial score (nSPS) is 17.0. The van der Waals surface area contributed by atoms with Gasteiger partial charge in [-0.1, -0.05) is 6.07 Å². The van der Waals surface area contributed by atoms with Gasteiger partial charge in [-0.25, -0.2) is 13.1 Å². The van der Waals surface area contributed by atoms with Crippen LogP contribution in [0.2, 0.25) is 0 Å². The van der Waals surface area contributed by atoms with E-state index < -0.39 is 34.8 Å². The first-order valence-electron chi connectivity index (χ1n) is 8.45. The maximum Gasteiger partial charge on any atom is 0.573 e. The van der Waals surface area contributed by atoms with Crippen molar-refractivity contribution in [2.45, 2.75) is 36.8 Å². The van der Waals surface area contributed by atoms with Crippen molar-refractivity contribution >= 4 is 15.8 Å². The van der Waals surface area contributed by atoms with Gasteiger partial charge in [0.15, 0.2) is 5.78 Å². The molecular formula is C18H14F5NO5S. The number of nitrogens with one attached hydrogen (secondary N) is 1. The number of benzene rings is 2. The molecule has 0 aliphatic heterocycles. The maximum atomic E-state index is 12.6. The lowest BCUT2D eigenvalue weighted by atomic mass is 9.87. The van der Waals surface area contributed by atoms with Crippen LogP contribution in [-0.2, 0) is 10.0 Å². The van der Waals surface area contributed by atoms with Crippen LogP contribution >= 0.6 is 0 Å². The summed E-state index contributed by atoms with van der Waals surface area (Å²) in [5, 5.41) is 0. The Morgan fingerprint density at radius 2 is 1.67 bits per heavy atom. The minimum absolute atomic E-state index is 0.0311. The number of carbonyl (C=O) groups excluding carboxylic acids is 1. The van der Waals surface area contributed by atoms with E-state index >= 15 is 0 Å². The van der Waals surface area contributed by atoms with Gasteiger partial charge in [0, 0.05) is 18.0 Å². The van der Waals surface area contributed by atoms with E-state index in [0.717, 1.165) is 30.3 Å². The molecule has 3 rings (SSSR count). The summed E-state index contributed by atoms with van der Waals surface area (Å²) < 4.78 is 97.0. The van der Waals surface area contributed by atoms with Gasteiger partial charge in [-0.05, 0) is 48.4 Å². The number of sulfonamides is 1. The lowest BCUT2D eigenvalue weighted by molar-refractivity contribution is -0.274. The molecule has 1 N–H and O–H groups in total. The Hall–Kier alpha value is -2.73. The van der Waals surface area contributed by atoms with Gasteiger partial charge in [0.1, 0.15) is 11.5 Å². The summed E-state index contributed by atoms with van der Waals surface area (Å²) >= 11 is 0. The number of ether oxygens (including phenoxy) is 2. The molecule has 0 amide bonds. The molecule has 12 heteroatoms. The maximum absolute atomic E-state index is 12.6. The molecular weight excluding hydrogens is 437 g/mol. The first-order valence-corrected chi connectivity index (χ1v) is 9.93. The Balaban J connectivity index is 1.82. The monoisotopic (exact) mass is 451 g/mol. The van der Waals surface area contributed by atoms with Gasteiger partial charge in [-0.3, -0.25) is 4.79 Å². The van der Waals surface area contributed by atoms with E-state index in [9.17, 15) is 35.2 Å². The van der Waals surface area contributed by atoms with E-state index in [-0.39, 0.29) is 40.4 Å². The smallest absolute Gasteiger partial charge is 0.435 e. The number of rotatable bonds is 6.